The van der Waals surface area contributed by atoms with Gasteiger partial charge in [0.15, 0.2) is 0 Å². The Bertz CT molecular complexity index is 113. The van der Waals surface area contributed by atoms with E-state index >= 15 is 0 Å². The molecule has 0 aromatic heterocycles. The predicted molar refractivity (Wildman–Crippen MR) is 53.2 cm³/mol. The third kappa shape index (κ3) is 4.07. The van der Waals surface area contributed by atoms with Crippen LogP contribution in [0.4, 0.5) is 0 Å². The molecule has 0 fully saturated rings. The zero-order valence-electron chi connectivity index (χ0n) is 9.09. The van der Waals surface area contributed by atoms with E-state index in [1.165, 1.54) is 0 Å². The summed E-state index contributed by atoms with van der Waals surface area (Å²) in [5.74, 6) is 0. The van der Waals surface area contributed by atoms with Crippen LogP contribution in [0, 0.1) is 5.41 Å². The van der Waals surface area contributed by atoms with Crippen molar-refractivity contribution in [2.24, 2.45) is 5.41 Å². The molecule has 0 aliphatic carbocycles. The van der Waals surface area contributed by atoms with Crippen LogP contribution in [-0.4, -0.2) is 35.7 Å². The molecule has 0 aromatic carbocycles. The number of hydrogen-bond acceptors (Lipinski definition) is 2. The Hall–Kier alpha value is -0.0800. The van der Waals surface area contributed by atoms with E-state index in [1.54, 1.807) is 0 Å². The van der Waals surface area contributed by atoms with Gasteiger partial charge in [-0.25, -0.2) is 0 Å². The van der Waals surface area contributed by atoms with Crippen LogP contribution >= 0.6 is 0 Å². The maximum Gasteiger partial charge on any atom is 0.0715 e. The van der Waals surface area contributed by atoms with Gasteiger partial charge in [0.2, 0.25) is 0 Å². The topological polar surface area (TPSA) is 23.5 Å². The highest BCUT2D eigenvalue weighted by Crippen LogP contribution is 2.19. The third-order valence-electron chi connectivity index (χ3n) is 2.33. The highest BCUT2D eigenvalue weighted by atomic mass is 16.3. The molecule has 1 unspecified atom stereocenters. The molecule has 0 saturated heterocycles. The molecule has 1 N–H and O–H groups in total. The second-order valence-electron chi connectivity index (χ2n) is 4.37. The lowest BCUT2D eigenvalue weighted by Gasteiger charge is -2.30. The van der Waals surface area contributed by atoms with Gasteiger partial charge in [0.05, 0.1) is 6.10 Å². The molecule has 0 radical (unpaired) electrons. The van der Waals surface area contributed by atoms with E-state index in [9.17, 15) is 5.11 Å². The van der Waals surface area contributed by atoms with E-state index in [0.717, 1.165) is 19.6 Å². The van der Waals surface area contributed by atoms with Gasteiger partial charge >= 0.3 is 0 Å². The van der Waals surface area contributed by atoms with Crippen molar-refractivity contribution in [2.45, 2.75) is 40.7 Å². The van der Waals surface area contributed by atoms with E-state index in [-0.39, 0.29) is 11.5 Å². The van der Waals surface area contributed by atoms with Crippen molar-refractivity contribution in [3.63, 3.8) is 0 Å². The van der Waals surface area contributed by atoms with Crippen molar-refractivity contribution in [1.82, 2.24) is 4.90 Å². The largest absolute Gasteiger partial charge is 0.391 e. The minimum absolute atomic E-state index is 0.00257. The van der Waals surface area contributed by atoms with Crippen molar-refractivity contribution in [2.75, 3.05) is 19.6 Å². The first-order chi connectivity index (χ1) is 5.41. The van der Waals surface area contributed by atoms with Gasteiger partial charge in [-0.05, 0) is 18.5 Å². The van der Waals surface area contributed by atoms with E-state index in [1.807, 2.05) is 0 Å². The summed E-state index contributed by atoms with van der Waals surface area (Å²) in [7, 11) is 0. The molecule has 2 heteroatoms. The van der Waals surface area contributed by atoms with E-state index < -0.39 is 0 Å². The van der Waals surface area contributed by atoms with Crippen LogP contribution in [0.5, 0.6) is 0 Å². The Morgan fingerprint density at radius 3 is 1.83 bits per heavy atom. The Morgan fingerprint density at radius 2 is 1.58 bits per heavy atom. The Labute approximate surface area is 76.6 Å². The molecular weight excluding hydrogens is 150 g/mol. The first kappa shape index (κ1) is 11.9. The lowest BCUT2D eigenvalue weighted by Crippen LogP contribution is -2.39. The van der Waals surface area contributed by atoms with Gasteiger partial charge in [-0.2, -0.15) is 0 Å². The third-order valence-corrected chi connectivity index (χ3v) is 2.33. The highest BCUT2D eigenvalue weighted by molar-refractivity contribution is 4.75. The summed E-state index contributed by atoms with van der Waals surface area (Å²) >= 11 is 0. The molecule has 12 heavy (non-hydrogen) atoms. The van der Waals surface area contributed by atoms with Gasteiger partial charge in [-0.15, -0.1) is 0 Å². The molecule has 0 saturated carbocycles. The van der Waals surface area contributed by atoms with Gasteiger partial charge in [-0.1, -0.05) is 34.6 Å². The summed E-state index contributed by atoms with van der Waals surface area (Å²) in [4.78, 5) is 2.25. The molecule has 1 atom stereocenters. The zero-order valence-corrected chi connectivity index (χ0v) is 9.09. The van der Waals surface area contributed by atoms with Gasteiger partial charge in [0, 0.05) is 6.54 Å². The molecule has 0 aromatic rings. The van der Waals surface area contributed by atoms with Gasteiger partial charge in [0.1, 0.15) is 0 Å². The number of likely N-dealkylation sites (N-methyl/N-ethyl adjacent to an activating group) is 1. The zero-order chi connectivity index (χ0) is 9.78. The van der Waals surface area contributed by atoms with Crippen LogP contribution in [0.1, 0.15) is 34.6 Å². The summed E-state index contributed by atoms with van der Waals surface area (Å²) in [6.45, 7) is 13.3. The average Bonchev–Trinajstić information content (AvgIpc) is 1.97. The average molecular weight is 173 g/mol. The minimum atomic E-state index is -0.225. The molecule has 0 rings (SSSR count). The van der Waals surface area contributed by atoms with Crippen LogP contribution in [0.25, 0.3) is 0 Å². The lowest BCUT2D eigenvalue weighted by atomic mass is 9.89. The highest BCUT2D eigenvalue weighted by Gasteiger charge is 2.23. The van der Waals surface area contributed by atoms with Crippen molar-refractivity contribution in [3.05, 3.63) is 0 Å². The Balaban J connectivity index is 3.90. The number of aliphatic hydroxyl groups is 1. The summed E-state index contributed by atoms with van der Waals surface area (Å²) in [5, 5.41) is 9.78. The molecule has 0 spiro atoms. The van der Waals surface area contributed by atoms with E-state index in [4.69, 9.17) is 0 Å². The number of rotatable bonds is 4. The fourth-order valence-corrected chi connectivity index (χ4v) is 1.00. The van der Waals surface area contributed by atoms with E-state index in [0.29, 0.717) is 0 Å². The van der Waals surface area contributed by atoms with Crippen LogP contribution in [-0.2, 0) is 0 Å². The fourth-order valence-electron chi connectivity index (χ4n) is 1.00. The van der Waals surface area contributed by atoms with Crippen LogP contribution in [0.15, 0.2) is 0 Å². The molecule has 0 amide bonds. The second-order valence-corrected chi connectivity index (χ2v) is 4.37. The first-order valence-corrected chi connectivity index (χ1v) is 4.82. The summed E-state index contributed by atoms with van der Waals surface area (Å²) in [6.07, 6.45) is -0.225. The van der Waals surface area contributed by atoms with Crippen molar-refractivity contribution in [3.8, 4) is 0 Å². The molecule has 0 heterocycles. The van der Waals surface area contributed by atoms with Crippen LogP contribution < -0.4 is 0 Å². The minimum Gasteiger partial charge on any atom is -0.391 e. The number of aliphatic hydroxyl groups excluding tert-OH is 1. The molecule has 2 nitrogen and oxygen atoms in total. The number of hydrogen-bond donors (Lipinski definition) is 1. The maximum atomic E-state index is 9.78. The van der Waals surface area contributed by atoms with Crippen LogP contribution in [0.2, 0.25) is 0 Å². The van der Waals surface area contributed by atoms with Crippen LogP contribution in [0.3, 0.4) is 0 Å². The van der Waals surface area contributed by atoms with Gasteiger partial charge in [0.25, 0.3) is 0 Å². The molecule has 0 aliphatic rings. The monoisotopic (exact) mass is 173 g/mol. The molecular formula is C10H23NO. The summed E-state index contributed by atoms with van der Waals surface area (Å²) < 4.78 is 0. The second kappa shape index (κ2) is 4.83. The van der Waals surface area contributed by atoms with Crippen molar-refractivity contribution < 1.29 is 5.11 Å². The molecule has 0 aliphatic heterocycles. The first-order valence-electron chi connectivity index (χ1n) is 4.82. The van der Waals surface area contributed by atoms with Gasteiger partial charge in [-0.3, -0.25) is 0 Å². The fraction of sp³-hybridized carbons (Fsp3) is 1.00. The Morgan fingerprint density at radius 1 is 1.17 bits per heavy atom. The van der Waals surface area contributed by atoms with Crippen molar-refractivity contribution in [1.29, 1.82) is 0 Å². The Kier molecular flexibility index (Phi) is 4.80. The SMILES string of the molecule is CCN(CC)CC(O)C(C)(C)C. The smallest absolute Gasteiger partial charge is 0.0715 e. The predicted octanol–water partition coefficient (Wildman–Crippen LogP) is 1.74. The normalized spacial score (nSPS) is 15.2. The maximum absolute atomic E-state index is 9.78. The quantitative estimate of drug-likeness (QED) is 0.700. The van der Waals surface area contributed by atoms with E-state index in [2.05, 4.69) is 39.5 Å². The molecule has 0 bridgehead atoms. The molecule has 74 valence electrons. The van der Waals surface area contributed by atoms with Gasteiger partial charge < -0.3 is 10.0 Å². The van der Waals surface area contributed by atoms with Crippen molar-refractivity contribution >= 4 is 0 Å². The lowest BCUT2D eigenvalue weighted by molar-refractivity contribution is 0.0311. The standard InChI is InChI=1S/C10H23NO/c1-6-11(7-2)8-9(12)10(3,4)5/h9,12H,6-8H2,1-5H3. The summed E-state index contributed by atoms with van der Waals surface area (Å²) in [5.41, 5.74) is 0.00257. The summed E-state index contributed by atoms with van der Waals surface area (Å²) in [6, 6.07) is 0. The number of nitrogens with zero attached hydrogens (tertiary/aromatic N) is 1.